The van der Waals surface area contributed by atoms with Crippen LogP contribution in [0.25, 0.3) is 0 Å². The summed E-state index contributed by atoms with van der Waals surface area (Å²) < 4.78 is 5.73. The molecule has 3 aromatic rings. The van der Waals surface area contributed by atoms with Crippen LogP contribution in [0.5, 0.6) is 5.75 Å². The van der Waals surface area contributed by atoms with Crippen molar-refractivity contribution in [1.82, 2.24) is 5.32 Å². The maximum Gasteiger partial charge on any atom is 0.257 e. The number of ether oxygens (including phenoxy) is 1. The first kappa shape index (κ1) is 24.9. The van der Waals surface area contributed by atoms with Crippen molar-refractivity contribution in [2.24, 2.45) is 5.92 Å². The van der Waals surface area contributed by atoms with Gasteiger partial charge in [0.05, 0.1) is 13.0 Å². The van der Waals surface area contributed by atoms with E-state index in [-0.39, 0.29) is 23.3 Å². The Morgan fingerprint density at radius 2 is 1.59 bits per heavy atom. The number of hydrogen-bond donors (Lipinski definition) is 3. The molecule has 34 heavy (non-hydrogen) atoms. The number of rotatable bonds is 9. The summed E-state index contributed by atoms with van der Waals surface area (Å²) >= 11 is 5.30. The molecule has 6 nitrogen and oxygen atoms in total. The molecule has 0 bridgehead atoms. The van der Waals surface area contributed by atoms with Gasteiger partial charge in [0.15, 0.2) is 5.11 Å². The van der Waals surface area contributed by atoms with Gasteiger partial charge in [0.2, 0.25) is 5.91 Å². The third-order valence-corrected chi connectivity index (χ3v) is 5.10. The minimum absolute atomic E-state index is 0.116. The van der Waals surface area contributed by atoms with Crippen molar-refractivity contribution in [2.75, 3.05) is 17.2 Å². The highest BCUT2D eigenvalue weighted by Gasteiger charge is 2.10. The summed E-state index contributed by atoms with van der Waals surface area (Å²) in [6.07, 6.45) is 1.23. The van der Waals surface area contributed by atoms with E-state index in [9.17, 15) is 9.59 Å². The summed E-state index contributed by atoms with van der Waals surface area (Å²) in [5.41, 5.74) is 2.67. The zero-order valence-corrected chi connectivity index (χ0v) is 20.2. The van der Waals surface area contributed by atoms with E-state index in [1.54, 1.807) is 42.5 Å². The number of carbonyl (C=O) groups is 2. The zero-order chi connectivity index (χ0) is 24.3. The number of nitrogens with one attached hydrogen (secondary N) is 3. The Kier molecular flexibility index (Phi) is 9.17. The Labute approximate surface area is 205 Å². The van der Waals surface area contributed by atoms with Crippen LogP contribution in [-0.2, 0) is 11.2 Å². The second-order valence-electron chi connectivity index (χ2n) is 8.26. The van der Waals surface area contributed by atoms with Crippen LogP contribution < -0.4 is 20.7 Å². The molecular weight excluding hydrogens is 446 g/mol. The summed E-state index contributed by atoms with van der Waals surface area (Å²) in [6.45, 7) is 4.87. The molecule has 0 saturated carbocycles. The monoisotopic (exact) mass is 475 g/mol. The van der Waals surface area contributed by atoms with Crippen LogP contribution in [-0.4, -0.2) is 23.5 Å². The minimum atomic E-state index is -0.334. The molecule has 0 aliphatic carbocycles. The summed E-state index contributed by atoms with van der Waals surface area (Å²) in [7, 11) is 0. The maximum absolute atomic E-state index is 12.6. The average Bonchev–Trinajstić information content (AvgIpc) is 2.79. The molecule has 0 aliphatic heterocycles. The molecule has 3 aromatic carbocycles. The van der Waals surface area contributed by atoms with Crippen molar-refractivity contribution in [3.8, 4) is 5.75 Å². The number of thiocarbonyl (C=S) groups is 1. The second kappa shape index (κ2) is 12.5. The summed E-state index contributed by atoms with van der Waals surface area (Å²) in [5.74, 6) is 0.741. The molecule has 0 heterocycles. The molecule has 0 fully saturated rings. The Bertz CT molecular complexity index is 1130. The van der Waals surface area contributed by atoms with Gasteiger partial charge in [0.25, 0.3) is 5.91 Å². The number of anilines is 2. The number of hydrogen-bond acceptors (Lipinski definition) is 4. The fraction of sp³-hybridized carbons (Fsp3) is 0.222. The Hall–Kier alpha value is -3.71. The topological polar surface area (TPSA) is 79.5 Å². The normalized spacial score (nSPS) is 10.4. The first-order valence-corrected chi connectivity index (χ1v) is 11.6. The SMILES string of the molecule is CC(C)CCOc1cccc(C(=O)NC(=S)Nc2cccc(NC(=O)Cc3ccccc3)c2)c1. The lowest BCUT2D eigenvalue weighted by Crippen LogP contribution is -2.34. The molecule has 0 unspecified atom stereocenters. The van der Waals surface area contributed by atoms with Crippen LogP contribution in [0.4, 0.5) is 11.4 Å². The quantitative estimate of drug-likeness (QED) is 0.360. The van der Waals surface area contributed by atoms with Gasteiger partial charge in [-0.1, -0.05) is 56.3 Å². The molecule has 2 amide bonds. The summed E-state index contributed by atoms with van der Waals surface area (Å²) in [6, 6.07) is 23.7. The van der Waals surface area contributed by atoms with Gasteiger partial charge in [-0.05, 0) is 66.5 Å². The van der Waals surface area contributed by atoms with Crippen LogP contribution in [0.3, 0.4) is 0 Å². The molecule has 3 rings (SSSR count). The highest BCUT2D eigenvalue weighted by Crippen LogP contribution is 2.17. The van der Waals surface area contributed by atoms with E-state index in [2.05, 4.69) is 29.8 Å². The highest BCUT2D eigenvalue weighted by molar-refractivity contribution is 7.80. The average molecular weight is 476 g/mol. The lowest BCUT2D eigenvalue weighted by atomic mass is 10.1. The molecule has 0 radical (unpaired) electrons. The van der Waals surface area contributed by atoms with E-state index in [4.69, 9.17) is 17.0 Å². The van der Waals surface area contributed by atoms with E-state index in [1.165, 1.54) is 0 Å². The van der Waals surface area contributed by atoms with Gasteiger partial charge in [-0.2, -0.15) is 0 Å². The predicted octanol–water partition coefficient (Wildman–Crippen LogP) is 5.42. The van der Waals surface area contributed by atoms with Crippen LogP contribution in [0.1, 0.15) is 36.2 Å². The van der Waals surface area contributed by atoms with Crippen LogP contribution in [0, 0.1) is 5.92 Å². The molecule has 7 heteroatoms. The lowest BCUT2D eigenvalue weighted by molar-refractivity contribution is -0.115. The van der Waals surface area contributed by atoms with Crippen molar-refractivity contribution in [3.05, 3.63) is 90.0 Å². The van der Waals surface area contributed by atoms with Gasteiger partial charge in [-0.25, -0.2) is 0 Å². The van der Waals surface area contributed by atoms with Crippen molar-refractivity contribution in [1.29, 1.82) is 0 Å². The Morgan fingerprint density at radius 1 is 0.882 bits per heavy atom. The first-order valence-electron chi connectivity index (χ1n) is 11.2. The van der Waals surface area contributed by atoms with Crippen molar-refractivity contribution in [2.45, 2.75) is 26.7 Å². The third-order valence-electron chi connectivity index (χ3n) is 4.90. The molecule has 0 aromatic heterocycles. The summed E-state index contributed by atoms with van der Waals surface area (Å²) in [5, 5.41) is 8.70. The van der Waals surface area contributed by atoms with E-state index < -0.39 is 0 Å². The highest BCUT2D eigenvalue weighted by atomic mass is 32.1. The molecule has 0 saturated heterocycles. The fourth-order valence-electron chi connectivity index (χ4n) is 3.14. The van der Waals surface area contributed by atoms with E-state index >= 15 is 0 Å². The van der Waals surface area contributed by atoms with Crippen LogP contribution >= 0.6 is 12.2 Å². The second-order valence-corrected chi connectivity index (χ2v) is 8.67. The van der Waals surface area contributed by atoms with Gasteiger partial charge in [-0.15, -0.1) is 0 Å². The molecule has 0 atom stereocenters. The van der Waals surface area contributed by atoms with Crippen molar-refractivity contribution in [3.63, 3.8) is 0 Å². The maximum atomic E-state index is 12.6. The first-order chi connectivity index (χ1) is 16.4. The van der Waals surface area contributed by atoms with Gasteiger partial charge in [-0.3, -0.25) is 14.9 Å². The largest absolute Gasteiger partial charge is 0.494 e. The molecule has 176 valence electrons. The molecular formula is C27H29N3O3S. The van der Waals surface area contributed by atoms with Crippen LogP contribution in [0.2, 0.25) is 0 Å². The van der Waals surface area contributed by atoms with Crippen molar-refractivity contribution < 1.29 is 14.3 Å². The van der Waals surface area contributed by atoms with Crippen LogP contribution in [0.15, 0.2) is 78.9 Å². The van der Waals surface area contributed by atoms with Crippen molar-refractivity contribution >= 4 is 40.5 Å². The lowest BCUT2D eigenvalue weighted by Gasteiger charge is -2.12. The van der Waals surface area contributed by atoms with Gasteiger partial charge < -0.3 is 15.4 Å². The minimum Gasteiger partial charge on any atom is -0.494 e. The summed E-state index contributed by atoms with van der Waals surface area (Å²) in [4.78, 5) is 24.9. The Balaban J connectivity index is 1.52. The van der Waals surface area contributed by atoms with E-state index in [0.717, 1.165) is 12.0 Å². The smallest absolute Gasteiger partial charge is 0.257 e. The Morgan fingerprint density at radius 3 is 2.32 bits per heavy atom. The molecule has 0 spiro atoms. The predicted molar refractivity (Wildman–Crippen MR) is 140 cm³/mol. The zero-order valence-electron chi connectivity index (χ0n) is 19.3. The van der Waals surface area contributed by atoms with Gasteiger partial charge in [0.1, 0.15) is 5.75 Å². The third kappa shape index (κ3) is 8.33. The molecule has 3 N–H and O–H groups in total. The standard InChI is InChI=1S/C27H29N3O3S/c1-19(2)14-15-33-24-13-6-10-21(17-24)26(32)30-27(34)29-23-12-7-11-22(18-23)28-25(31)16-20-8-4-3-5-9-20/h3-13,17-19H,14-16H2,1-2H3,(H,28,31)(H2,29,30,32,34). The number of amides is 2. The molecule has 0 aliphatic rings. The van der Waals surface area contributed by atoms with E-state index in [0.29, 0.717) is 35.2 Å². The fourth-order valence-corrected chi connectivity index (χ4v) is 3.35. The van der Waals surface area contributed by atoms with Gasteiger partial charge in [0, 0.05) is 16.9 Å². The number of benzene rings is 3. The van der Waals surface area contributed by atoms with E-state index in [1.807, 2.05) is 36.4 Å². The number of carbonyl (C=O) groups excluding carboxylic acids is 2. The van der Waals surface area contributed by atoms with Gasteiger partial charge >= 0.3 is 0 Å².